The first-order valence-corrected chi connectivity index (χ1v) is 7.99. The van der Waals surface area contributed by atoms with Crippen LogP contribution < -0.4 is 10.2 Å². The van der Waals surface area contributed by atoms with Crippen LogP contribution in [0.3, 0.4) is 0 Å². The normalized spacial score (nSPS) is 10.3. The largest absolute Gasteiger partial charge is 0.344 e. The monoisotopic (exact) mass is 362 g/mol. The maximum absolute atomic E-state index is 12.1. The number of unbranched alkanes of at least 4 members (excludes halogenated alkanes) is 1. The Hall–Kier alpha value is -1.95. The second-order valence-corrected chi connectivity index (χ2v) is 5.92. The minimum atomic E-state index is -0.218. The third-order valence-corrected chi connectivity index (χ3v) is 3.72. The van der Waals surface area contributed by atoms with Crippen LogP contribution in [-0.2, 0) is 0 Å². The number of rotatable bonds is 6. The van der Waals surface area contributed by atoms with E-state index in [2.05, 4.69) is 38.1 Å². The van der Waals surface area contributed by atoms with Gasteiger partial charge in [-0.25, -0.2) is 9.97 Å². The van der Waals surface area contributed by atoms with E-state index < -0.39 is 0 Å². The van der Waals surface area contributed by atoms with E-state index >= 15 is 0 Å². The third kappa shape index (κ3) is 4.53. The molecule has 0 atom stereocenters. The highest BCUT2D eigenvalue weighted by molar-refractivity contribution is 9.10. The first-order valence-electron chi connectivity index (χ1n) is 7.20. The van der Waals surface area contributed by atoms with Crippen molar-refractivity contribution < 1.29 is 4.79 Å². The van der Waals surface area contributed by atoms with Crippen LogP contribution in [0.2, 0.25) is 0 Å². The van der Waals surface area contributed by atoms with Crippen molar-refractivity contribution in [3.8, 4) is 0 Å². The van der Waals surface area contributed by atoms with Crippen LogP contribution in [0, 0.1) is 0 Å². The zero-order valence-corrected chi connectivity index (χ0v) is 14.3. The molecule has 1 N–H and O–H groups in total. The molecule has 0 saturated heterocycles. The van der Waals surface area contributed by atoms with E-state index in [1.807, 2.05) is 36.2 Å². The van der Waals surface area contributed by atoms with Gasteiger partial charge in [-0.05, 0) is 30.7 Å². The molecule has 0 fully saturated rings. The average molecular weight is 363 g/mol. The molecule has 0 unspecified atom stereocenters. The van der Waals surface area contributed by atoms with Gasteiger partial charge in [-0.1, -0.05) is 29.3 Å². The molecule has 0 radical (unpaired) electrons. The van der Waals surface area contributed by atoms with Gasteiger partial charge in [-0.15, -0.1) is 0 Å². The van der Waals surface area contributed by atoms with Crippen LogP contribution in [0.15, 0.2) is 41.1 Å². The van der Waals surface area contributed by atoms with Gasteiger partial charge in [-0.3, -0.25) is 4.79 Å². The molecular weight excluding hydrogens is 344 g/mol. The number of benzene rings is 1. The zero-order valence-electron chi connectivity index (χ0n) is 12.7. The Labute approximate surface area is 138 Å². The van der Waals surface area contributed by atoms with Gasteiger partial charge in [-0.2, -0.15) is 0 Å². The maximum Gasteiger partial charge on any atom is 0.258 e. The van der Waals surface area contributed by atoms with Crippen molar-refractivity contribution in [2.24, 2.45) is 0 Å². The molecule has 0 aliphatic heterocycles. The van der Waals surface area contributed by atoms with Crippen LogP contribution in [0.1, 0.15) is 30.1 Å². The fourth-order valence-electron chi connectivity index (χ4n) is 1.87. The lowest BCUT2D eigenvalue weighted by Crippen LogP contribution is -2.21. The van der Waals surface area contributed by atoms with Crippen molar-refractivity contribution >= 4 is 33.5 Å². The van der Waals surface area contributed by atoms with E-state index in [0.29, 0.717) is 11.5 Å². The van der Waals surface area contributed by atoms with E-state index in [1.54, 1.807) is 12.4 Å². The summed E-state index contributed by atoms with van der Waals surface area (Å²) in [6, 6.07) is 7.40. The van der Waals surface area contributed by atoms with E-state index in [1.165, 1.54) is 0 Å². The number of nitrogens with one attached hydrogen (secondary N) is 1. The Bertz CT molecular complexity index is 613. The molecular formula is C16H19BrN4O. The van der Waals surface area contributed by atoms with Crippen molar-refractivity contribution in [2.45, 2.75) is 19.8 Å². The molecule has 22 heavy (non-hydrogen) atoms. The molecule has 0 saturated carbocycles. The summed E-state index contributed by atoms with van der Waals surface area (Å²) in [5, 5.41) is 2.82. The Balaban J connectivity index is 2.00. The van der Waals surface area contributed by atoms with Crippen molar-refractivity contribution in [3.05, 3.63) is 46.7 Å². The SMILES string of the molecule is CCCCN(C)c1ncc(C(=O)Nc2ccc(Br)cc2)cn1. The highest BCUT2D eigenvalue weighted by Crippen LogP contribution is 2.15. The van der Waals surface area contributed by atoms with E-state index in [9.17, 15) is 4.79 Å². The predicted octanol–water partition coefficient (Wildman–Crippen LogP) is 3.73. The summed E-state index contributed by atoms with van der Waals surface area (Å²) in [4.78, 5) is 22.6. The molecule has 0 bridgehead atoms. The molecule has 6 heteroatoms. The standard InChI is InChI=1S/C16H19BrN4O/c1-3-4-9-21(2)16-18-10-12(11-19-16)15(22)20-14-7-5-13(17)6-8-14/h5-8,10-11H,3-4,9H2,1-2H3,(H,20,22). The van der Waals surface area contributed by atoms with Gasteiger partial charge in [0.2, 0.25) is 5.95 Å². The molecule has 2 aromatic rings. The minimum absolute atomic E-state index is 0.218. The van der Waals surface area contributed by atoms with Gasteiger partial charge in [0.25, 0.3) is 5.91 Å². The molecule has 0 aliphatic carbocycles. The molecule has 1 amide bonds. The lowest BCUT2D eigenvalue weighted by Gasteiger charge is -2.16. The van der Waals surface area contributed by atoms with Crippen LogP contribution in [0.5, 0.6) is 0 Å². The number of nitrogens with zero attached hydrogens (tertiary/aromatic N) is 3. The average Bonchev–Trinajstić information content (AvgIpc) is 2.55. The molecule has 0 aliphatic rings. The van der Waals surface area contributed by atoms with Crippen LogP contribution in [-0.4, -0.2) is 29.5 Å². The quantitative estimate of drug-likeness (QED) is 0.850. The summed E-state index contributed by atoms with van der Waals surface area (Å²) in [6.07, 6.45) is 5.32. The first-order chi connectivity index (χ1) is 10.6. The number of aromatic nitrogens is 2. The van der Waals surface area contributed by atoms with Gasteiger partial charge >= 0.3 is 0 Å². The summed E-state index contributed by atoms with van der Waals surface area (Å²) >= 11 is 3.36. The number of carbonyl (C=O) groups excluding carboxylic acids is 1. The van der Waals surface area contributed by atoms with Gasteiger partial charge in [0.15, 0.2) is 0 Å². The van der Waals surface area contributed by atoms with E-state index in [0.717, 1.165) is 29.5 Å². The smallest absolute Gasteiger partial charge is 0.258 e. The Morgan fingerprint density at radius 3 is 2.45 bits per heavy atom. The van der Waals surface area contributed by atoms with Crippen LogP contribution in [0.4, 0.5) is 11.6 Å². The number of halogens is 1. The molecule has 5 nitrogen and oxygen atoms in total. The van der Waals surface area contributed by atoms with Gasteiger partial charge < -0.3 is 10.2 Å². The highest BCUT2D eigenvalue weighted by Gasteiger charge is 2.09. The zero-order chi connectivity index (χ0) is 15.9. The number of amides is 1. The first kappa shape index (κ1) is 16.4. The fourth-order valence-corrected chi connectivity index (χ4v) is 2.13. The molecule has 0 spiro atoms. The Kier molecular flexibility index (Phi) is 5.89. The fraction of sp³-hybridized carbons (Fsp3) is 0.312. The second kappa shape index (κ2) is 7.89. The van der Waals surface area contributed by atoms with Crippen molar-refractivity contribution in [1.29, 1.82) is 0 Å². The predicted molar refractivity (Wildman–Crippen MR) is 92.3 cm³/mol. The van der Waals surface area contributed by atoms with Crippen molar-refractivity contribution in [3.63, 3.8) is 0 Å². The third-order valence-electron chi connectivity index (χ3n) is 3.19. The van der Waals surface area contributed by atoms with Gasteiger partial charge in [0.1, 0.15) is 0 Å². The van der Waals surface area contributed by atoms with Gasteiger partial charge in [0, 0.05) is 36.1 Å². The summed E-state index contributed by atoms with van der Waals surface area (Å²) < 4.78 is 0.966. The van der Waals surface area contributed by atoms with E-state index in [4.69, 9.17) is 0 Å². The molecule has 116 valence electrons. The second-order valence-electron chi connectivity index (χ2n) is 5.01. The molecule has 1 aromatic carbocycles. The lowest BCUT2D eigenvalue weighted by molar-refractivity contribution is 0.102. The number of hydrogen-bond acceptors (Lipinski definition) is 4. The highest BCUT2D eigenvalue weighted by atomic mass is 79.9. The Morgan fingerprint density at radius 1 is 1.23 bits per heavy atom. The summed E-state index contributed by atoms with van der Waals surface area (Å²) in [5.74, 6) is 0.415. The number of hydrogen-bond donors (Lipinski definition) is 1. The minimum Gasteiger partial charge on any atom is -0.344 e. The summed E-state index contributed by atoms with van der Waals surface area (Å²) in [6.45, 7) is 3.05. The van der Waals surface area contributed by atoms with Crippen molar-refractivity contribution in [1.82, 2.24) is 9.97 Å². The number of carbonyl (C=O) groups is 1. The number of anilines is 2. The summed E-state index contributed by atoms with van der Waals surface area (Å²) in [7, 11) is 1.95. The Morgan fingerprint density at radius 2 is 1.86 bits per heavy atom. The van der Waals surface area contributed by atoms with Crippen LogP contribution in [0.25, 0.3) is 0 Å². The molecule has 1 heterocycles. The topological polar surface area (TPSA) is 58.1 Å². The summed E-state index contributed by atoms with van der Waals surface area (Å²) in [5.41, 5.74) is 1.17. The van der Waals surface area contributed by atoms with Crippen LogP contribution >= 0.6 is 15.9 Å². The lowest BCUT2D eigenvalue weighted by atomic mass is 10.3. The molecule has 2 rings (SSSR count). The van der Waals surface area contributed by atoms with E-state index in [-0.39, 0.29) is 5.91 Å². The maximum atomic E-state index is 12.1. The molecule has 1 aromatic heterocycles. The van der Waals surface area contributed by atoms with Gasteiger partial charge in [0.05, 0.1) is 5.56 Å². The van der Waals surface area contributed by atoms with Crippen molar-refractivity contribution in [2.75, 3.05) is 23.8 Å².